The lowest BCUT2D eigenvalue weighted by Gasteiger charge is -2.19. The van der Waals surface area contributed by atoms with Gasteiger partial charge in [-0.1, -0.05) is 152 Å². The lowest BCUT2D eigenvalue weighted by molar-refractivity contribution is 1.62. The molecule has 0 saturated heterocycles. The smallest absolute Gasteiger partial charge is 0.00261 e. The summed E-state index contributed by atoms with van der Waals surface area (Å²) in [6.45, 7) is 0. The third kappa shape index (κ3) is 4.17. The summed E-state index contributed by atoms with van der Waals surface area (Å²) in [4.78, 5) is 0. The molecule has 0 heterocycles. The second-order valence-electron chi connectivity index (χ2n) is 10.9. The van der Waals surface area contributed by atoms with Crippen LogP contribution in [0.5, 0.6) is 0 Å². The van der Waals surface area contributed by atoms with Crippen LogP contribution in [0.4, 0.5) is 0 Å². The minimum absolute atomic E-state index is 1.23. The van der Waals surface area contributed by atoms with Gasteiger partial charge < -0.3 is 0 Å². The number of hydrogen-bond acceptors (Lipinski definition) is 0. The molecular formula is C42H28. The van der Waals surface area contributed by atoms with E-state index in [1.165, 1.54) is 76.8 Å². The topological polar surface area (TPSA) is 0 Å². The van der Waals surface area contributed by atoms with Crippen LogP contribution in [0.25, 0.3) is 76.8 Å². The Kier molecular flexibility index (Phi) is 5.90. The first-order valence-corrected chi connectivity index (χ1v) is 14.5. The maximum atomic E-state index is 2.39. The van der Waals surface area contributed by atoms with Crippen molar-refractivity contribution in [2.75, 3.05) is 0 Å². The fraction of sp³-hybridized carbons (Fsp3) is 0. The van der Waals surface area contributed by atoms with E-state index in [0.717, 1.165) is 0 Å². The Morgan fingerprint density at radius 2 is 0.714 bits per heavy atom. The molecule has 0 atom stereocenters. The summed E-state index contributed by atoms with van der Waals surface area (Å²) in [6, 6.07) is 61.8. The minimum atomic E-state index is 1.23. The van der Waals surface area contributed by atoms with Gasteiger partial charge in [-0.15, -0.1) is 0 Å². The summed E-state index contributed by atoms with van der Waals surface area (Å²) in [5.41, 5.74) is 9.95. The zero-order chi connectivity index (χ0) is 27.9. The standard InChI is InChI=1S/C42H28/c1-3-12-29(13-4-1)35-24-25-39-40(28-35)41(31-15-5-2-6-16-31)37-20-9-10-21-38(37)42(39)36-19-11-18-33(27-36)34-23-22-30-14-7-8-17-32(30)26-34/h1-28H. The maximum Gasteiger partial charge on any atom is -0.00261 e. The third-order valence-corrected chi connectivity index (χ3v) is 8.43. The van der Waals surface area contributed by atoms with Gasteiger partial charge in [-0.25, -0.2) is 0 Å². The number of fused-ring (bicyclic) bond motifs is 3. The van der Waals surface area contributed by atoms with Gasteiger partial charge in [0.05, 0.1) is 0 Å². The molecular weight excluding hydrogens is 504 g/mol. The first kappa shape index (κ1) is 24.3. The van der Waals surface area contributed by atoms with Crippen LogP contribution in [0.15, 0.2) is 170 Å². The van der Waals surface area contributed by atoms with Gasteiger partial charge in [0, 0.05) is 0 Å². The average Bonchev–Trinajstić information content (AvgIpc) is 3.07. The van der Waals surface area contributed by atoms with Crippen LogP contribution in [-0.2, 0) is 0 Å². The van der Waals surface area contributed by atoms with E-state index in [4.69, 9.17) is 0 Å². The van der Waals surface area contributed by atoms with Crippen molar-refractivity contribution in [1.82, 2.24) is 0 Å². The maximum absolute atomic E-state index is 2.39. The van der Waals surface area contributed by atoms with Crippen molar-refractivity contribution in [3.05, 3.63) is 170 Å². The highest BCUT2D eigenvalue weighted by Gasteiger charge is 2.17. The molecule has 8 rings (SSSR count). The highest BCUT2D eigenvalue weighted by molar-refractivity contribution is 6.22. The highest BCUT2D eigenvalue weighted by Crippen LogP contribution is 2.45. The number of rotatable bonds is 4. The Hall–Kier alpha value is -5.46. The molecule has 0 aliphatic carbocycles. The Bertz CT molecular complexity index is 2220. The predicted molar refractivity (Wildman–Crippen MR) is 181 cm³/mol. The first-order valence-electron chi connectivity index (χ1n) is 14.5. The van der Waals surface area contributed by atoms with Gasteiger partial charge in [0.2, 0.25) is 0 Å². The molecule has 42 heavy (non-hydrogen) atoms. The summed E-state index contributed by atoms with van der Waals surface area (Å²) in [5.74, 6) is 0. The van der Waals surface area contributed by atoms with Gasteiger partial charge in [-0.2, -0.15) is 0 Å². The summed E-state index contributed by atoms with van der Waals surface area (Å²) in [5, 5.41) is 7.60. The molecule has 196 valence electrons. The van der Waals surface area contributed by atoms with Crippen molar-refractivity contribution in [2.45, 2.75) is 0 Å². The molecule has 0 bridgehead atoms. The van der Waals surface area contributed by atoms with Crippen LogP contribution in [0.3, 0.4) is 0 Å². The molecule has 0 heteroatoms. The molecule has 0 N–H and O–H groups in total. The Morgan fingerprint density at radius 3 is 1.48 bits per heavy atom. The molecule has 0 saturated carbocycles. The molecule has 0 spiro atoms. The summed E-state index contributed by atoms with van der Waals surface area (Å²) < 4.78 is 0. The van der Waals surface area contributed by atoms with Crippen LogP contribution in [0, 0.1) is 0 Å². The summed E-state index contributed by atoms with van der Waals surface area (Å²) in [7, 11) is 0. The normalized spacial score (nSPS) is 11.3. The lowest BCUT2D eigenvalue weighted by Crippen LogP contribution is -1.92. The molecule has 0 aromatic heterocycles. The van der Waals surface area contributed by atoms with E-state index in [0.29, 0.717) is 0 Å². The van der Waals surface area contributed by atoms with Crippen LogP contribution >= 0.6 is 0 Å². The van der Waals surface area contributed by atoms with E-state index in [2.05, 4.69) is 170 Å². The number of benzene rings is 8. The average molecular weight is 533 g/mol. The lowest BCUT2D eigenvalue weighted by atomic mass is 9.84. The molecule has 0 unspecified atom stereocenters. The zero-order valence-corrected chi connectivity index (χ0v) is 23.2. The van der Waals surface area contributed by atoms with E-state index >= 15 is 0 Å². The van der Waals surface area contributed by atoms with Crippen LogP contribution < -0.4 is 0 Å². The fourth-order valence-corrected chi connectivity index (χ4v) is 6.44. The Labute approximate surface area is 246 Å². The van der Waals surface area contributed by atoms with Gasteiger partial charge in [-0.05, 0) is 95.0 Å². The molecule has 0 radical (unpaired) electrons. The van der Waals surface area contributed by atoms with E-state index in [1.54, 1.807) is 0 Å². The first-order chi connectivity index (χ1) is 20.8. The number of hydrogen-bond donors (Lipinski definition) is 0. The van der Waals surface area contributed by atoms with Crippen LogP contribution in [-0.4, -0.2) is 0 Å². The summed E-state index contributed by atoms with van der Waals surface area (Å²) >= 11 is 0. The van der Waals surface area contributed by atoms with Gasteiger partial charge in [-0.3, -0.25) is 0 Å². The third-order valence-electron chi connectivity index (χ3n) is 8.43. The van der Waals surface area contributed by atoms with Crippen LogP contribution in [0.1, 0.15) is 0 Å². The van der Waals surface area contributed by atoms with Gasteiger partial charge in [0.1, 0.15) is 0 Å². The Morgan fingerprint density at radius 1 is 0.214 bits per heavy atom. The molecule has 0 aliphatic rings. The molecule has 0 amide bonds. The van der Waals surface area contributed by atoms with Crippen molar-refractivity contribution in [1.29, 1.82) is 0 Å². The molecule has 0 nitrogen and oxygen atoms in total. The van der Waals surface area contributed by atoms with Crippen molar-refractivity contribution < 1.29 is 0 Å². The van der Waals surface area contributed by atoms with E-state index < -0.39 is 0 Å². The van der Waals surface area contributed by atoms with Gasteiger partial charge in [0.25, 0.3) is 0 Å². The molecule has 0 aliphatic heterocycles. The highest BCUT2D eigenvalue weighted by atomic mass is 14.2. The van der Waals surface area contributed by atoms with Gasteiger partial charge >= 0.3 is 0 Å². The Balaban J connectivity index is 1.42. The SMILES string of the molecule is c1ccc(-c2ccc3c(-c4cccc(-c5ccc6ccccc6c5)c4)c4ccccc4c(-c4ccccc4)c3c2)cc1. The quantitative estimate of drug-likeness (QED) is 0.198. The molecule has 8 aromatic rings. The van der Waals surface area contributed by atoms with E-state index in [1.807, 2.05) is 0 Å². The van der Waals surface area contributed by atoms with E-state index in [-0.39, 0.29) is 0 Å². The van der Waals surface area contributed by atoms with Crippen molar-refractivity contribution in [2.24, 2.45) is 0 Å². The largest absolute Gasteiger partial charge is 0.0622 e. The molecule has 8 aromatic carbocycles. The zero-order valence-electron chi connectivity index (χ0n) is 23.2. The second kappa shape index (κ2) is 10.2. The predicted octanol–water partition coefficient (Wildman–Crippen LogP) is 11.8. The minimum Gasteiger partial charge on any atom is -0.0622 e. The van der Waals surface area contributed by atoms with Crippen molar-refractivity contribution in [3.63, 3.8) is 0 Å². The van der Waals surface area contributed by atoms with Gasteiger partial charge in [0.15, 0.2) is 0 Å². The van der Waals surface area contributed by atoms with Crippen LogP contribution in [0.2, 0.25) is 0 Å². The summed E-state index contributed by atoms with van der Waals surface area (Å²) in [6.07, 6.45) is 0. The monoisotopic (exact) mass is 532 g/mol. The van der Waals surface area contributed by atoms with Crippen molar-refractivity contribution in [3.8, 4) is 44.5 Å². The van der Waals surface area contributed by atoms with E-state index in [9.17, 15) is 0 Å². The van der Waals surface area contributed by atoms with Crippen molar-refractivity contribution >= 4 is 32.3 Å². The molecule has 0 fully saturated rings. The second-order valence-corrected chi connectivity index (χ2v) is 10.9. The fourth-order valence-electron chi connectivity index (χ4n) is 6.44.